The number of amides is 1. The Labute approximate surface area is 108 Å². The van der Waals surface area contributed by atoms with Gasteiger partial charge in [0.25, 0.3) is 5.91 Å². The molecule has 2 N–H and O–H groups in total. The van der Waals surface area contributed by atoms with Gasteiger partial charge >= 0.3 is 0 Å². The second kappa shape index (κ2) is 5.38. The molecule has 0 aromatic carbocycles. The Morgan fingerprint density at radius 2 is 2.22 bits per heavy atom. The molecule has 0 saturated heterocycles. The number of carbonyl (C=O) groups excluding carboxylic acids is 1. The van der Waals surface area contributed by atoms with E-state index in [9.17, 15) is 4.79 Å². The first-order chi connectivity index (χ1) is 8.71. The first kappa shape index (κ1) is 12.9. The van der Waals surface area contributed by atoms with Crippen molar-refractivity contribution in [3.63, 3.8) is 0 Å². The zero-order chi connectivity index (χ0) is 13.0. The van der Waals surface area contributed by atoms with Crippen LogP contribution in [-0.2, 0) is 0 Å². The third-order valence-corrected chi connectivity index (χ3v) is 3.76. The Kier molecular flexibility index (Phi) is 3.84. The molecule has 18 heavy (non-hydrogen) atoms. The molecule has 4 nitrogen and oxygen atoms in total. The lowest BCUT2D eigenvalue weighted by Gasteiger charge is -2.42. The van der Waals surface area contributed by atoms with Gasteiger partial charge in [-0.1, -0.05) is 6.92 Å². The smallest absolute Gasteiger partial charge is 0.255 e. The average molecular weight is 247 g/mol. The third-order valence-electron chi connectivity index (χ3n) is 3.76. The summed E-state index contributed by atoms with van der Waals surface area (Å²) in [6.07, 6.45) is 6.09. The Hall–Kier alpha value is -1.58. The van der Waals surface area contributed by atoms with Crippen LogP contribution in [0.1, 0.15) is 49.9 Å². The molecule has 1 fully saturated rings. The molecule has 0 spiro atoms. The molecular formula is C14H21N3O. The highest BCUT2D eigenvalue weighted by Crippen LogP contribution is 2.35. The van der Waals surface area contributed by atoms with E-state index in [1.165, 1.54) is 6.42 Å². The fraction of sp³-hybridized carbons (Fsp3) is 0.571. The highest BCUT2D eigenvalue weighted by Gasteiger charge is 2.36. The number of nitrogens with one attached hydrogen (secondary N) is 2. The van der Waals surface area contributed by atoms with Crippen molar-refractivity contribution in [1.82, 2.24) is 10.3 Å². The number of hydrogen-bond acceptors (Lipinski definition) is 3. The number of pyridine rings is 1. The number of aromatic nitrogens is 1. The normalized spacial score (nSPS) is 16.8. The molecule has 1 saturated carbocycles. The monoisotopic (exact) mass is 247 g/mol. The summed E-state index contributed by atoms with van der Waals surface area (Å²) in [5, 5.41) is 6.30. The van der Waals surface area contributed by atoms with Gasteiger partial charge in [-0.15, -0.1) is 0 Å². The van der Waals surface area contributed by atoms with Crippen LogP contribution in [-0.4, -0.2) is 23.0 Å². The van der Waals surface area contributed by atoms with E-state index < -0.39 is 0 Å². The summed E-state index contributed by atoms with van der Waals surface area (Å²) in [7, 11) is 0. The molecule has 1 aromatic rings. The molecule has 2 rings (SSSR count). The molecule has 98 valence electrons. The molecule has 1 aliphatic carbocycles. The predicted octanol–water partition coefficient (Wildman–Crippen LogP) is 2.58. The van der Waals surface area contributed by atoms with Crippen molar-refractivity contribution < 1.29 is 4.79 Å². The van der Waals surface area contributed by atoms with Crippen LogP contribution in [0.2, 0.25) is 0 Å². The summed E-state index contributed by atoms with van der Waals surface area (Å²) in [6, 6.07) is 3.62. The lowest BCUT2D eigenvalue weighted by Crippen LogP contribution is -2.53. The van der Waals surface area contributed by atoms with Crippen molar-refractivity contribution >= 4 is 11.7 Å². The van der Waals surface area contributed by atoms with Crippen LogP contribution < -0.4 is 10.6 Å². The van der Waals surface area contributed by atoms with Gasteiger partial charge in [0, 0.05) is 18.3 Å². The second-order valence-corrected chi connectivity index (χ2v) is 4.87. The van der Waals surface area contributed by atoms with E-state index in [1.807, 2.05) is 13.0 Å². The highest BCUT2D eigenvalue weighted by atomic mass is 16.1. The van der Waals surface area contributed by atoms with Gasteiger partial charge in [0.05, 0.1) is 5.56 Å². The number of carbonyl (C=O) groups is 1. The topological polar surface area (TPSA) is 54.0 Å². The van der Waals surface area contributed by atoms with Gasteiger partial charge in [0.1, 0.15) is 5.82 Å². The van der Waals surface area contributed by atoms with Crippen molar-refractivity contribution in [2.45, 2.75) is 45.1 Å². The molecule has 1 aromatic heterocycles. The van der Waals surface area contributed by atoms with Crippen LogP contribution in [0.25, 0.3) is 0 Å². The van der Waals surface area contributed by atoms with Gasteiger partial charge < -0.3 is 10.6 Å². The molecule has 0 radical (unpaired) electrons. The van der Waals surface area contributed by atoms with E-state index in [0.29, 0.717) is 11.4 Å². The molecule has 4 heteroatoms. The zero-order valence-corrected chi connectivity index (χ0v) is 11.1. The summed E-state index contributed by atoms with van der Waals surface area (Å²) in [4.78, 5) is 16.5. The minimum Gasteiger partial charge on any atom is -0.370 e. The molecule has 0 atom stereocenters. The quantitative estimate of drug-likeness (QED) is 0.840. The van der Waals surface area contributed by atoms with Gasteiger partial charge in [-0.05, 0) is 44.7 Å². The molecule has 1 heterocycles. The van der Waals surface area contributed by atoms with Crippen molar-refractivity contribution in [2.75, 3.05) is 11.9 Å². The van der Waals surface area contributed by atoms with Gasteiger partial charge in [0.15, 0.2) is 0 Å². The SMILES string of the molecule is CCNc1ncccc1C(=O)NC1(CC)CCC1. The van der Waals surface area contributed by atoms with Gasteiger partial charge in [0.2, 0.25) is 0 Å². The molecule has 0 aliphatic heterocycles. The van der Waals surface area contributed by atoms with E-state index in [4.69, 9.17) is 0 Å². The van der Waals surface area contributed by atoms with Crippen LogP contribution in [0.5, 0.6) is 0 Å². The molecule has 0 bridgehead atoms. The third kappa shape index (κ3) is 2.47. The summed E-state index contributed by atoms with van der Waals surface area (Å²) < 4.78 is 0. The fourth-order valence-corrected chi connectivity index (χ4v) is 2.38. The maximum atomic E-state index is 12.3. The standard InChI is InChI=1S/C14H21N3O/c1-3-14(8-6-9-14)17-13(18)11-7-5-10-16-12(11)15-4-2/h5,7,10H,3-4,6,8-9H2,1-2H3,(H,15,16)(H,17,18). The van der Waals surface area contributed by atoms with E-state index >= 15 is 0 Å². The number of rotatable bonds is 5. The minimum absolute atomic E-state index is 0.0133. The van der Waals surface area contributed by atoms with Crippen molar-refractivity contribution in [3.8, 4) is 0 Å². The van der Waals surface area contributed by atoms with E-state index in [0.717, 1.165) is 25.8 Å². The first-order valence-electron chi connectivity index (χ1n) is 6.72. The maximum absolute atomic E-state index is 12.3. The van der Waals surface area contributed by atoms with E-state index in [2.05, 4.69) is 22.5 Å². The molecule has 1 amide bonds. The summed E-state index contributed by atoms with van der Waals surface area (Å²) in [5.41, 5.74) is 0.662. The van der Waals surface area contributed by atoms with Gasteiger partial charge in [-0.3, -0.25) is 4.79 Å². The van der Waals surface area contributed by atoms with Crippen molar-refractivity contribution in [3.05, 3.63) is 23.9 Å². The lowest BCUT2D eigenvalue weighted by atomic mass is 9.74. The van der Waals surface area contributed by atoms with Gasteiger partial charge in [-0.2, -0.15) is 0 Å². The predicted molar refractivity (Wildman–Crippen MR) is 72.7 cm³/mol. The number of anilines is 1. The summed E-state index contributed by atoms with van der Waals surface area (Å²) in [5.74, 6) is 0.656. The van der Waals surface area contributed by atoms with E-state index in [1.54, 1.807) is 12.3 Å². The largest absolute Gasteiger partial charge is 0.370 e. The summed E-state index contributed by atoms with van der Waals surface area (Å²) >= 11 is 0. The van der Waals surface area contributed by atoms with Crippen LogP contribution in [0.4, 0.5) is 5.82 Å². The van der Waals surface area contributed by atoms with Crippen LogP contribution in [0.3, 0.4) is 0 Å². The Bertz CT molecular complexity index is 421. The number of hydrogen-bond donors (Lipinski definition) is 2. The maximum Gasteiger partial charge on any atom is 0.255 e. The van der Waals surface area contributed by atoms with Crippen molar-refractivity contribution in [2.24, 2.45) is 0 Å². The summed E-state index contributed by atoms with van der Waals surface area (Å²) in [6.45, 7) is 4.89. The molecule has 0 unspecified atom stereocenters. The van der Waals surface area contributed by atoms with Crippen LogP contribution in [0.15, 0.2) is 18.3 Å². The zero-order valence-electron chi connectivity index (χ0n) is 11.1. The van der Waals surface area contributed by atoms with Crippen molar-refractivity contribution in [1.29, 1.82) is 0 Å². The number of nitrogens with zero attached hydrogens (tertiary/aromatic N) is 1. The van der Waals surface area contributed by atoms with Gasteiger partial charge in [-0.25, -0.2) is 4.98 Å². The van der Waals surface area contributed by atoms with Crippen LogP contribution >= 0.6 is 0 Å². The first-order valence-corrected chi connectivity index (χ1v) is 6.72. The highest BCUT2D eigenvalue weighted by molar-refractivity contribution is 5.99. The Morgan fingerprint density at radius 1 is 1.44 bits per heavy atom. The molecular weight excluding hydrogens is 226 g/mol. The lowest BCUT2D eigenvalue weighted by molar-refractivity contribution is 0.0821. The van der Waals surface area contributed by atoms with E-state index in [-0.39, 0.29) is 11.4 Å². The minimum atomic E-state index is -0.0133. The Balaban J connectivity index is 2.13. The fourth-order valence-electron chi connectivity index (χ4n) is 2.38. The van der Waals surface area contributed by atoms with Crippen LogP contribution in [0, 0.1) is 0 Å². The second-order valence-electron chi connectivity index (χ2n) is 4.87. The average Bonchev–Trinajstić information content (AvgIpc) is 2.35. The Morgan fingerprint density at radius 3 is 2.78 bits per heavy atom. The molecule has 1 aliphatic rings.